The van der Waals surface area contributed by atoms with Gasteiger partial charge in [0, 0.05) is 37.7 Å². The normalized spacial score (nSPS) is 10.8. The smallest absolute Gasteiger partial charge is 0.322 e. The van der Waals surface area contributed by atoms with Crippen LogP contribution in [-0.2, 0) is 20.1 Å². The maximum absolute atomic E-state index is 13.8. The molecule has 0 unspecified atom stereocenters. The Morgan fingerprint density at radius 3 is 2.85 bits per heavy atom. The molecule has 7 nitrogen and oxygen atoms in total. The van der Waals surface area contributed by atoms with Gasteiger partial charge in [-0.3, -0.25) is 4.68 Å². The predicted octanol–water partition coefficient (Wildman–Crippen LogP) is 3.25. The van der Waals surface area contributed by atoms with Gasteiger partial charge in [-0.05, 0) is 12.5 Å². The van der Waals surface area contributed by atoms with Crippen LogP contribution in [0.2, 0.25) is 0 Å². The molecule has 0 aliphatic carbocycles. The number of carbonyl (C=O) groups excluding carboxylic acids is 1. The van der Waals surface area contributed by atoms with Crippen LogP contribution in [0.15, 0.2) is 49.1 Å². The molecule has 0 saturated carbocycles. The minimum atomic E-state index is -0.275. The largest absolute Gasteiger partial charge is 0.337 e. The van der Waals surface area contributed by atoms with Crippen molar-refractivity contribution >= 4 is 11.7 Å². The second-order valence-electron chi connectivity index (χ2n) is 6.32. The number of carbonyl (C=O) groups is 1. The zero-order valence-corrected chi connectivity index (χ0v) is 15.5. The van der Waals surface area contributed by atoms with Gasteiger partial charge in [-0.15, -0.1) is 0 Å². The van der Waals surface area contributed by atoms with Gasteiger partial charge in [0.05, 0.1) is 25.0 Å². The van der Waals surface area contributed by atoms with Gasteiger partial charge in [-0.2, -0.15) is 5.10 Å². The van der Waals surface area contributed by atoms with E-state index in [1.165, 1.54) is 6.07 Å². The summed E-state index contributed by atoms with van der Waals surface area (Å²) in [5, 5.41) is 7.05. The Balaban J connectivity index is 1.65. The molecule has 1 N–H and O–H groups in total. The summed E-state index contributed by atoms with van der Waals surface area (Å²) in [4.78, 5) is 18.6. The third-order valence-corrected chi connectivity index (χ3v) is 4.21. The molecule has 2 amide bonds. The number of nitrogens with zero attached hydrogens (tertiary/aromatic N) is 5. The summed E-state index contributed by atoms with van der Waals surface area (Å²) < 4.78 is 17.3. The van der Waals surface area contributed by atoms with E-state index in [1.54, 1.807) is 46.4 Å². The molecule has 0 bridgehead atoms. The zero-order chi connectivity index (χ0) is 19.2. The van der Waals surface area contributed by atoms with E-state index < -0.39 is 0 Å². The molecule has 3 aromatic rings. The summed E-state index contributed by atoms with van der Waals surface area (Å²) in [7, 11) is 1.90. The van der Waals surface area contributed by atoms with E-state index >= 15 is 0 Å². The highest BCUT2D eigenvalue weighted by Gasteiger charge is 2.16. The molecule has 0 atom stereocenters. The van der Waals surface area contributed by atoms with Crippen LogP contribution in [0.3, 0.4) is 0 Å². The summed E-state index contributed by atoms with van der Waals surface area (Å²) in [5.41, 5.74) is 1.11. The molecular weight excluding hydrogens is 347 g/mol. The van der Waals surface area contributed by atoms with Crippen molar-refractivity contribution < 1.29 is 9.18 Å². The van der Waals surface area contributed by atoms with Crippen molar-refractivity contribution in [1.29, 1.82) is 0 Å². The molecule has 3 rings (SSSR count). The van der Waals surface area contributed by atoms with Crippen LogP contribution in [0.25, 0.3) is 0 Å². The molecule has 8 heteroatoms. The molecule has 0 fully saturated rings. The molecule has 2 heterocycles. The average Bonchev–Trinajstić information content (AvgIpc) is 3.25. The lowest BCUT2D eigenvalue weighted by molar-refractivity contribution is 0.207. The second kappa shape index (κ2) is 8.48. The first-order valence-corrected chi connectivity index (χ1v) is 8.84. The van der Waals surface area contributed by atoms with Gasteiger partial charge in [-0.1, -0.05) is 25.1 Å². The van der Waals surface area contributed by atoms with Crippen LogP contribution < -0.4 is 5.32 Å². The predicted molar refractivity (Wildman–Crippen MR) is 101 cm³/mol. The number of nitrogens with one attached hydrogen (secondary N) is 1. The van der Waals surface area contributed by atoms with Crippen LogP contribution in [0.4, 0.5) is 14.9 Å². The van der Waals surface area contributed by atoms with Gasteiger partial charge >= 0.3 is 6.03 Å². The van der Waals surface area contributed by atoms with Crippen molar-refractivity contribution in [3.05, 3.63) is 66.3 Å². The topological polar surface area (TPSA) is 68.0 Å². The van der Waals surface area contributed by atoms with Gasteiger partial charge in [0.1, 0.15) is 11.6 Å². The molecule has 1 aromatic carbocycles. The molecule has 0 radical (unpaired) electrons. The lowest BCUT2D eigenvalue weighted by atomic mass is 10.2. The SMILES string of the molecule is CCCN(Cc1nccn1C)C(=O)Nc1cnn(Cc2ccccc2F)c1. The van der Waals surface area contributed by atoms with E-state index in [0.29, 0.717) is 30.9 Å². The fourth-order valence-corrected chi connectivity index (χ4v) is 2.76. The number of anilines is 1. The van der Waals surface area contributed by atoms with E-state index in [1.807, 2.05) is 24.7 Å². The van der Waals surface area contributed by atoms with Crippen molar-refractivity contribution in [2.75, 3.05) is 11.9 Å². The minimum absolute atomic E-state index is 0.217. The third kappa shape index (κ3) is 4.72. The molecular formula is C19H23FN6O. The van der Waals surface area contributed by atoms with Crippen LogP contribution in [-0.4, -0.2) is 36.8 Å². The Morgan fingerprint density at radius 1 is 1.33 bits per heavy atom. The van der Waals surface area contributed by atoms with Gasteiger partial charge in [0.25, 0.3) is 0 Å². The fraction of sp³-hybridized carbons (Fsp3) is 0.316. The van der Waals surface area contributed by atoms with Crippen LogP contribution in [0.5, 0.6) is 0 Å². The summed E-state index contributed by atoms with van der Waals surface area (Å²) in [5.74, 6) is 0.539. The van der Waals surface area contributed by atoms with E-state index in [9.17, 15) is 9.18 Å². The molecule has 2 aromatic heterocycles. The van der Waals surface area contributed by atoms with E-state index in [4.69, 9.17) is 0 Å². The Bertz CT molecular complexity index is 903. The standard InChI is InChI=1S/C19H23FN6O/c1-3-9-25(14-18-21-8-10-24(18)2)19(27)23-16-11-22-26(13-16)12-15-6-4-5-7-17(15)20/h4-8,10-11,13H,3,9,12,14H2,1-2H3,(H,23,27). The van der Waals surface area contributed by atoms with Gasteiger partial charge < -0.3 is 14.8 Å². The minimum Gasteiger partial charge on any atom is -0.337 e. The molecule has 27 heavy (non-hydrogen) atoms. The number of benzene rings is 1. The van der Waals surface area contributed by atoms with Crippen molar-refractivity contribution in [1.82, 2.24) is 24.2 Å². The van der Waals surface area contributed by atoms with Crippen molar-refractivity contribution in [3.63, 3.8) is 0 Å². The Hall–Kier alpha value is -3.16. The monoisotopic (exact) mass is 370 g/mol. The highest BCUT2D eigenvalue weighted by Crippen LogP contribution is 2.12. The lowest BCUT2D eigenvalue weighted by Gasteiger charge is -2.21. The summed E-state index contributed by atoms with van der Waals surface area (Å²) in [6, 6.07) is 6.35. The fourth-order valence-electron chi connectivity index (χ4n) is 2.76. The van der Waals surface area contributed by atoms with Crippen LogP contribution >= 0.6 is 0 Å². The Kier molecular flexibility index (Phi) is 5.85. The van der Waals surface area contributed by atoms with Crippen LogP contribution in [0.1, 0.15) is 24.7 Å². The first-order valence-electron chi connectivity index (χ1n) is 8.84. The maximum atomic E-state index is 13.8. The Labute approximate surface area is 157 Å². The number of urea groups is 1. The quantitative estimate of drug-likeness (QED) is 0.694. The first-order chi connectivity index (χ1) is 13.1. The number of amides is 2. The number of halogens is 1. The number of hydrogen-bond acceptors (Lipinski definition) is 3. The van der Waals surface area contributed by atoms with Crippen molar-refractivity contribution in [2.24, 2.45) is 7.05 Å². The number of aromatic nitrogens is 4. The Morgan fingerprint density at radius 2 is 2.15 bits per heavy atom. The van der Waals surface area contributed by atoms with E-state index in [0.717, 1.165) is 12.2 Å². The number of rotatable bonds is 7. The third-order valence-electron chi connectivity index (χ3n) is 4.21. The summed E-state index contributed by atoms with van der Waals surface area (Å²) in [6.07, 6.45) is 7.65. The number of imidazole rings is 1. The average molecular weight is 370 g/mol. The van der Waals surface area contributed by atoms with Gasteiger partial charge in [0.15, 0.2) is 0 Å². The summed E-state index contributed by atoms with van der Waals surface area (Å²) in [6.45, 7) is 3.36. The highest BCUT2D eigenvalue weighted by molar-refractivity contribution is 5.88. The van der Waals surface area contributed by atoms with Crippen LogP contribution in [0, 0.1) is 5.82 Å². The zero-order valence-electron chi connectivity index (χ0n) is 15.5. The molecule has 0 aliphatic heterocycles. The van der Waals surface area contributed by atoms with Crippen molar-refractivity contribution in [3.8, 4) is 0 Å². The first kappa shape index (κ1) is 18.6. The highest BCUT2D eigenvalue weighted by atomic mass is 19.1. The second-order valence-corrected chi connectivity index (χ2v) is 6.32. The lowest BCUT2D eigenvalue weighted by Crippen LogP contribution is -2.35. The molecule has 0 spiro atoms. The molecule has 0 aliphatic rings. The number of aryl methyl sites for hydroxylation is 1. The van der Waals surface area contributed by atoms with Gasteiger partial charge in [0.2, 0.25) is 0 Å². The van der Waals surface area contributed by atoms with E-state index in [2.05, 4.69) is 15.4 Å². The number of hydrogen-bond donors (Lipinski definition) is 1. The van der Waals surface area contributed by atoms with Gasteiger partial charge in [-0.25, -0.2) is 14.2 Å². The van der Waals surface area contributed by atoms with Crippen molar-refractivity contribution in [2.45, 2.75) is 26.4 Å². The summed E-state index contributed by atoms with van der Waals surface area (Å²) >= 11 is 0. The molecule has 0 saturated heterocycles. The molecule has 142 valence electrons. The van der Waals surface area contributed by atoms with E-state index in [-0.39, 0.29) is 11.8 Å². The maximum Gasteiger partial charge on any atom is 0.322 e.